The first-order chi connectivity index (χ1) is 9.19. The molecule has 0 bridgehead atoms. The average molecular weight is 294 g/mol. The summed E-state index contributed by atoms with van der Waals surface area (Å²) in [5.41, 5.74) is 16.1. The smallest absolute Gasteiger partial charge is 0.0472 e. The molecule has 0 unspecified atom stereocenters. The van der Waals surface area contributed by atoms with Crippen LogP contribution in [0.25, 0.3) is 0 Å². The van der Waals surface area contributed by atoms with Gasteiger partial charge in [0.15, 0.2) is 0 Å². The Labute approximate surface area is 125 Å². The summed E-state index contributed by atoms with van der Waals surface area (Å²) in [5.74, 6) is 0. The molecule has 0 radical (unpaired) electrons. The lowest BCUT2D eigenvalue weighted by Gasteiger charge is -2.12. The van der Waals surface area contributed by atoms with E-state index in [1.807, 2.05) is 42.5 Å². The summed E-state index contributed by atoms with van der Waals surface area (Å²) in [4.78, 5) is 0. The Kier molecular flexibility index (Phi) is 6.15. The Morgan fingerprint density at radius 1 is 1.00 bits per heavy atom. The summed E-state index contributed by atoms with van der Waals surface area (Å²) >= 11 is 0. The van der Waals surface area contributed by atoms with Crippen LogP contribution in [-0.2, 0) is 13.0 Å². The van der Waals surface area contributed by atoms with Crippen molar-refractivity contribution in [2.75, 3.05) is 23.4 Å². The summed E-state index contributed by atoms with van der Waals surface area (Å²) in [6.07, 6.45) is 0.588. The number of nitrogens with two attached hydrogens (primary N) is 2. The third-order valence-electron chi connectivity index (χ3n) is 2.94. The average Bonchev–Trinajstić information content (AvgIpc) is 2.38. The molecule has 0 atom stereocenters. The molecular formula is C15H20ClN3O. The van der Waals surface area contributed by atoms with Gasteiger partial charge in [0.25, 0.3) is 0 Å². The van der Waals surface area contributed by atoms with Gasteiger partial charge in [0, 0.05) is 30.2 Å². The van der Waals surface area contributed by atoms with Crippen molar-refractivity contribution < 1.29 is 5.11 Å². The van der Waals surface area contributed by atoms with Gasteiger partial charge >= 0.3 is 0 Å². The Hall–Kier alpha value is -1.91. The van der Waals surface area contributed by atoms with Crippen molar-refractivity contribution in [2.24, 2.45) is 0 Å². The van der Waals surface area contributed by atoms with Crippen LogP contribution in [0.1, 0.15) is 11.1 Å². The van der Waals surface area contributed by atoms with Gasteiger partial charge in [-0.15, -0.1) is 12.4 Å². The maximum atomic E-state index is 9.07. The van der Waals surface area contributed by atoms with E-state index in [0.717, 1.165) is 22.5 Å². The Morgan fingerprint density at radius 2 is 1.75 bits per heavy atom. The van der Waals surface area contributed by atoms with Gasteiger partial charge in [-0.1, -0.05) is 12.1 Å². The van der Waals surface area contributed by atoms with E-state index in [4.69, 9.17) is 16.6 Å². The van der Waals surface area contributed by atoms with E-state index in [2.05, 4.69) is 5.32 Å². The van der Waals surface area contributed by atoms with Gasteiger partial charge < -0.3 is 21.9 Å². The van der Waals surface area contributed by atoms with Crippen LogP contribution in [0.3, 0.4) is 0 Å². The number of halogens is 1. The molecule has 0 aliphatic heterocycles. The topological polar surface area (TPSA) is 84.3 Å². The first kappa shape index (κ1) is 16.1. The molecule has 0 fully saturated rings. The zero-order valence-corrected chi connectivity index (χ0v) is 12.0. The molecule has 20 heavy (non-hydrogen) atoms. The molecule has 0 aliphatic rings. The van der Waals surface area contributed by atoms with Gasteiger partial charge in [0.05, 0.1) is 0 Å². The normalized spacial score (nSPS) is 9.85. The van der Waals surface area contributed by atoms with Crippen molar-refractivity contribution in [2.45, 2.75) is 13.0 Å². The number of benzene rings is 2. The molecule has 0 spiro atoms. The molecule has 2 rings (SSSR count). The van der Waals surface area contributed by atoms with Crippen molar-refractivity contribution in [1.82, 2.24) is 0 Å². The van der Waals surface area contributed by atoms with Crippen LogP contribution in [0.15, 0.2) is 42.5 Å². The molecule has 6 N–H and O–H groups in total. The lowest BCUT2D eigenvalue weighted by molar-refractivity contribution is 0.300. The number of nitrogen functional groups attached to an aromatic ring is 2. The van der Waals surface area contributed by atoms with Crippen LogP contribution in [-0.4, -0.2) is 11.7 Å². The highest BCUT2D eigenvalue weighted by molar-refractivity contribution is 5.85. The molecule has 5 heteroatoms. The minimum absolute atomic E-state index is 0. The third-order valence-corrected chi connectivity index (χ3v) is 2.94. The fourth-order valence-electron chi connectivity index (χ4n) is 2.01. The largest absolute Gasteiger partial charge is 0.399 e. The minimum atomic E-state index is 0. The number of nitrogens with one attached hydrogen (secondary N) is 1. The van der Waals surface area contributed by atoms with E-state index < -0.39 is 0 Å². The third kappa shape index (κ3) is 4.33. The maximum absolute atomic E-state index is 9.07. The van der Waals surface area contributed by atoms with Gasteiger partial charge in [0.1, 0.15) is 0 Å². The van der Waals surface area contributed by atoms with E-state index in [0.29, 0.717) is 18.7 Å². The number of anilines is 3. The van der Waals surface area contributed by atoms with E-state index in [9.17, 15) is 0 Å². The first-order valence-electron chi connectivity index (χ1n) is 6.26. The lowest BCUT2D eigenvalue weighted by Crippen LogP contribution is -2.05. The maximum Gasteiger partial charge on any atom is 0.0472 e. The number of rotatable bonds is 5. The van der Waals surface area contributed by atoms with Crippen molar-refractivity contribution in [3.05, 3.63) is 53.6 Å². The van der Waals surface area contributed by atoms with Gasteiger partial charge in [0.2, 0.25) is 0 Å². The molecule has 0 saturated carbocycles. The Morgan fingerprint density at radius 3 is 2.45 bits per heavy atom. The Bertz CT molecular complexity index is 561. The SMILES string of the molecule is Cl.Nc1cccc(CNc2ccc(N)cc2CCO)c1. The molecule has 0 amide bonds. The van der Waals surface area contributed by atoms with Gasteiger partial charge in [-0.3, -0.25) is 0 Å². The first-order valence-corrected chi connectivity index (χ1v) is 6.26. The van der Waals surface area contributed by atoms with Crippen molar-refractivity contribution in [3.8, 4) is 0 Å². The molecule has 0 aliphatic carbocycles. The number of hydrogen-bond acceptors (Lipinski definition) is 4. The van der Waals surface area contributed by atoms with Crippen LogP contribution in [0.5, 0.6) is 0 Å². The zero-order chi connectivity index (χ0) is 13.7. The highest BCUT2D eigenvalue weighted by atomic mass is 35.5. The standard InChI is InChI=1S/C15H19N3O.ClH/c16-13-3-1-2-11(8-13)10-18-15-5-4-14(17)9-12(15)6-7-19;/h1-5,8-9,18-19H,6-7,10,16-17H2;1H. The van der Waals surface area contributed by atoms with E-state index in [-0.39, 0.29) is 19.0 Å². The molecule has 0 heterocycles. The van der Waals surface area contributed by atoms with Crippen molar-refractivity contribution >= 4 is 29.5 Å². The summed E-state index contributed by atoms with van der Waals surface area (Å²) in [5, 5.41) is 12.4. The van der Waals surface area contributed by atoms with Crippen molar-refractivity contribution in [3.63, 3.8) is 0 Å². The predicted molar refractivity (Wildman–Crippen MR) is 87.1 cm³/mol. The zero-order valence-electron chi connectivity index (χ0n) is 11.2. The fourth-order valence-corrected chi connectivity index (χ4v) is 2.01. The second kappa shape index (κ2) is 7.62. The molecule has 4 nitrogen and oxygen atoms in total. The van der Waals surface area contributed by atoms with Crippen LogP contribution in [0.2, 0.25) is 0 Å². The number of aliphatic hydroxyl groups excluding tert-OH is 1. The highest BCUT2D eigenvalue weighted by Crippen LogP contribution is 2.20. The number of hydrogen-bond donors (Lipinski definition) is 4. The molecule has 0 saturated heterocycles. The summed E-state index contributed by atoms with van der Waals surface area (Å²) < 4.78 is 0. The van der Waals surface area contributed by atoms with Crippen molar-refractivity contribution in [1.29, 1.82) is 0 Å². The summed E-state index contributed by atoms with van der Waals surface area (Å²) in [6, 6.07) is 13.4. The van der Waals surface area contributed by atoms with Gasteiger partial charge in [-0.25, -0.2) is 0 Å². The predicted octanol–water partition coefficient (Wildman–Crippen LogP) is 2.42. The quantitative estimate of drug-likeness (QED) is 0.638. The highest BCUT2D eigenvalue weighted by Gasteiger charge is 2.03. The number of aliphatic hydroxyl groups is 1. The van der Waals surface area contributed by atoms with E-state index in [1.54, 1.807) is 0 Å². The van der Waals surface area contributed by atoms with Gasteiger partial charge in [-0.2, -0.15) is 0 Å². The molecule has 2 aromatic carbocycles. The van der Waals surface area contributed by atoms with Crippen LogP contribution in [0.4, 0.5) is 17.1 Å². The van der Waals surface area contributed by atoms with Gasteiger partial charge in [-0.05, 0) is 47.9 Å². The van der Waals surface area contributed by atoms with Crippen LogP contribution >= 0.6 is 12.4 Å². The minimum Gasteiger partial charge on any atom is -0.399 e. The lowest BCUT2D eigenvalue weighted by atomic mass is 10.1. The fraction of sp³-hybridized carbons (Fsp3) is 0.200. The Balaban J connectivity index is 0.00000200. The summed E-state index contributed by atoms with van der Waals surface area (Å²) in [7, 11) is 0. The van der Waals surface area contributed by atoms with E-state index in [1.165, 1.54) is 0 Å². The van der Waals surface area contributed by atoms with E-state index >= 15 is 0 Å². The monoisotopic (exact) mass is 293 g/mol. The summed E-state index contributed by atoms with van der Waals surface area (Å²) in [6.45, 7) is 0.795. The molecular weight excluding hydrogens is 274 g/mol. The second-order valence-corrected chi connectivity index (χ2v) is 4.49. The molecule has 2 aromatic rings. The van der Waals surface area contributed by atoms with Crippen LogP contribution in [0, 0.1) is 0 Å². The molecule has 108 valence electrons. The second-order valence-electron chi connectivity index (χ2n) is 4.49. The van der Waals surface area contributed by atoms with Crippen LogP contribution < -0.4 is 16.8 Å². The molecule has 0 aromatic heterocycles.